The molecular formula is C7H10N4O. The summed E-state index contributed by atoms with van der Waals surface area (Å²) in [5, 5.41) is 0. The lowest BCUT2D eigenvalue weighted by Crippen LogP contribution is -2.46. The van der Waals surface area contributed by atoms with Gasteiger partial charge in [-0.3, -0.25) is 4.79 Å². The van der Waals surface area contributed by atoms with Crippen LogP contribution >= 0.6 is 0 Å². The second-order valence-corrected chi connectivity index (χ2v) is 2.66. The molecule has 0 spiro atoms. The summed E-state index contributed by atoms with van der Waals surface area (Å²) in [5.41, 5.74) is 9.90. The topological polar surface area (TPSA) is 94.9 Å². The molecule has 0 aliphatic carbocycles. The molecule has 0 aliphatic rings. The summed E-state index contributed by atoms with van der Waals surface area (Å²) >= 11 is 0. The van der Waals surface area contributed by atoms with Crippen LogP contribution < -0.4 is 11.5 Å². The van der Waals surface area contributed by atoms with Crippen molar-refractivity contribution in [1.82, 2.24) is 9.97 Å². The van der Waals surface area contributed by atoms with Gasteiger partial charge in [0.1, 0.15) is 11.9 Å². The fraction of sp³-hybridized carbons (Fsp3) is 0.286. The Morgan fingerprint density at radius 3 is 2.75 bits per heavy atom. The summed E-state index contributed by atoms with van der Waals surface area (Å²) in [6.45, 7) is 1.51. The van der Waals surface area contributed by atoms with Gasteiger partial charge in [0.25, 0.3) is 0 Å². The van der Waals surface area contributed by atoms with Crippen LogP contribution in [0.4, 0.5) is 0 Å². The van der Waals surface area contributed by atoms with Crippen LogP contribution in [0.5, 0.6) is 0 Å². The van der Waals surface area contributed by atoms with Gasteiger partial charge in [0.15, 0.2) is 0 Å². The van der Waals surface area contributed by atoms with Crippen LogP contribution in [0.25, 0.3) is 0 Å². The number of amides is 1. The highest BCUT2D eigenvalue weighted by molar-refractivity contribution is 5.84. The largest absolute Gasteiger partial charge is 0.368 e. The zero-order valence-electron chi connectivity index (χ0n) is 6.69. The van der Waals surface area contributed by atoms with E-state index in [1.165, 1.54) is 19.4 Å². The van der Waals surface area contributed by atoms with Crippen LogP contribution in [-0.2, 0) is 10.3 Å². The summed E-state index contributed by atoms with van der Waals surface area (Å²) in [5.74, 6) is -0.610. The molecule has 0 fully saturated rings. The fourth-order valence-corrected chi connectivity index (χ4v) is 0.724. The molecule has 0 radical (unpaired) electrons. The van der Waals surface area contributed by atoms with Crippen molar-refractivity contribution < 1.29 is 4.79 Å². The first-order chi connectivity index (χ1) is 5.55. The summed E-state index contributed by atoms with van der Waals surface area (Å²) in [6.07, 6.45) is 2.83. The molecule has 1 unspecified atom stereocenters. The molecule has 64 valence electrons. The van der Waals surface area contributed by atoms with Gasteiger partial charge in [-0.2, -0.15) is 0 Å². The zero-order chi connectivity index (χ0) is 9.19. The lowest BCUT2D eigenvalue weighted by Gasteiger charge is -2.18. The number of aromatic nitrogens is 2. The molecule has 0 aromatic carbocycles. The molecule has 1 rings (SSSR count). The lowest BCUT2D eigenvalue weighted by atomic mass is 9.99. The number of carbonyl (C=O) groups is 1. The van der Waals surface area contributed by atoms with Gasteiger partial charge in [0.2, 0.25) is 5.91 Å². The van der Waals surface area contributed by atoms with Gasteiger partial charge < -0.3 is 11.5 Å². The second kappa shape index (κ2) is 2.86. The minimum Gasteiger partial charge on any atom is -0.368 e. The summed E-state index contributed by atoms with van der Waals surface area (Å²) in [4.78, 5) is 18.4. The summed E-state index contributed by atoms with van der Waals surface area (Å²) < 4.78 is 0. The molecule has 0 saturated carbocycles. The van der Waals surface area contributed by atoms with Crippen molar-refractivity contribution in [3.63, 3.8) is 0 Å². The van der Waals surface area contributed by atoms with E-state index < -0.39 is 11.4 Å². The number of primary amides is 1. The minimum atomic E-state index is -1.22. The molecule has 12 heavy (non-hydrogen) atoms. The standard InChI is InChI=1S/C7H10N4O/c1-7(9,6(8)12)5-2-3-10-4-11-5/h2-4H,9H2,1H3,(H2,8,12). The van der Waals surface area contributed by atoms with E-state index >= 15 is 0 Å². The molecule has 0 saturated heterocycles. The monoisotopic (exact) mass is 166 g/mol. The second-order valence-electron chi connectivity index (χ2n) is 2.66. The number of carbonyl (C=O) groups excluding carboxylic acids is 1. The van der Waals surface area contributed by atoms with Crippen molar-refractivity contribution in [3.8, 4) is 0 Å². The van der Waals surface area contributed by atoms with Crippen LogP contribution in [0.15, 0.2) is 18.6 Å². The Morgan fingerprint density at radius 1 is 1.67 bits per heavy atom. The molecule has 1 aromatic heterocycles. The zero-order valence-corrected chi connectivity index (χ0v) is 6.69. The van der Waals surface area contributed by atoms with Gasteiger partial charge in [-0.05, 0) is 13.0 Å². The van der Waals surface area contributed by atoms with Crippen molar-refractivity contribution >= 4 is 5.91 Å². The molecule has 5 heteroatoms. The maximum atomic E-state index is 10.9. The van der Waals surface area contributed by atoms with Gasteiger partial charge >= 0.3 is 0 Å². The van der Waals surface area contributed by atoms with E-state index in [1.807, 2.05) is 0 Å². The Kier molecular flexibility index (Phi) is 2.05. The molecule has 1 aromatic rings. The molecule has 1 amide bonds. The Morgan fingerprint density at radius 2 is 2.33 bits per heavy atom. The first kappa shape index (κ1) is 8.61. The average molecular weight is 166 g/mol. The Labute approximate surface area is 69.8 Å². The predicted molar refractivity (Wildman–Crippen MR) is 42.8 cm³/mol. The minimum absolute atomic E-state index is 0.421. The molecule has 5 nitrogen and oxygen atoms in total. The predicted octanol–water partition coefficient (Wildman–Crippen LogP) is -0.864. The van der Waals surface area contributed by atoms with E-state index in [-0.39, 0.29) is 0 Å². The third kappa shape index (κ3) is 1.40. The molecule has 0 aliphatic heterocycles. The Bertz CT molecular complexity index is 283. The maximum Gasteiger partial charge on any atom is 0.243 e. The van der Waals surface area contributed by atoms with E-state index in [0.717, 1.165) is 0 Å². The maximum absolute atomic E-state index is 10.9. The van der Waals surface area contributed by atoms with E-state index in [1.54, 1.807) is 6.07 Å². The lowest BCUT2D eigenvalue weighted by molar-refractivity contribution is -0.122. The molecule has 0 bridgehead atoms. The molecule has 4 N–H and O–H groups in total. The van der Waals surface area contributed by atoms with Crippen LogP contribution in [0, 0.1) is 0 Å². The van der Waals surface area contributed by atoms with Crippen molar-refractivity contribution in [1.29, 1.82) is 0 Å². The van der Waals surface area contributed by atoms with Crippen molar-refractivity contribution in [2.24, 2.45) is 11.5 Å². The molecule has 1 atom stereocenters. The Hall–Kier alpha value is -1.49. The van der Waals surface area contributed by atoms with Gasteiger partial charge in [0.05, 0.1) is 5.69 Å². The van der Waals surface area contributed by atoms with Gasteiger partial charge in [-0.1, -0.05) is 0 Å². The molecule has 1 heterocycles. The van der Waals surface area contributed by atoms with Crippen LogP contribution in [-0.4, -0.2) is 15.9 Å². The number of nitrogens with zero attached hydrogens (tertiary/aromatic N) is 2. The van der Waals surface area contributed by atoms with Gasteiger partial charge in [-0.25, -0.2) is 9.97 Å². The quantitative estimate of drug-likeness (QED) is 0.597. The van der Waals surface area contributed by atoms with Crippen molar-refractivity contribution in [3.05, 3.63) is 24.3 Å². The first-order valence-electron chi connectivity index (χ1n) is 3.40. The van der Waals surface area contributed by atoms with Crippen molar-refractivity contribution in [2.45, 2.75) is 12.5 Å². The van der Waals surface area contributed by atoms with E-state index in [0.29, 0.717) is 5.69 Å². The normalized spacial score (nSPS) is 15.2. The van der Waals surface area contributed by atoms with Crippen LogP contribution in [0.1, 0.15) is 12.6 Å². The van der Waals surface area contributed by atoms with Crippen LogP contribution in [0.3, 0.4) is 0 Å². The summed E-state index contributed by atoms with van der Waals surface area (Å²) in [7, 11) is 0. The fourth-order valence-electron chi connectivity index (χ4n) is 0.724. The highest BCUT2D eigenvalue weighted by atomic mass is 16.1. The van der Waals surface area contributed by atoms with Gasteiger partial charge in [-0.15, -0.1) is 0 Å². The average Bonchev–Trinajstić information content (AvgIpc) is 2.06. The van der Waals surface area contributed by atoms with Gasteiger partial charge in [0, 0.05) is 6.20 Å². The number of hydrogen-bond acceptors (Lipinski definition) is 4. The highest BCUT2D eigenvalue weighted by Gasteiger charge is 2.29. The summed E-state index contributed by atoms with van der Waals surface area (Å²) in [6, 6.07) is 1.56. The third-order valence-electron chi connectivity index (χ3n) is 1.63. The highest BCUT2D eigenvalue weighted by Crippen LogP contribution is 2.12. The molecular weight excluding hydrogens is 156 g/mol. The smallest absolute Gasteiger partial charge is 0.243 e. The van der Waals surface area contributed by atoms with Crippen molar-refractivity contribution in [2.75, 3.05) is 0 Å². The van der Waals surface area contributed by atoms with E-state index in [9.17, 15) is 4.79 Å². The third-order valence-corrected chi connectivity index (χ3v) is 1.63. The van der Waals surface area contributed by atoms with E-state index in [4.69, 9.17) is 11.5 Å². The first-order valence-corrected chi connectivity index (χ1v) is 3.40. The number of hydrogen-bond donors (Lipinski definition) is 2. The number of nitrogens with two attached hydrogens (primary N) is 2. The van der Waals surface area contributed by atoms with Crippen LogP contribution in [0.2, 0.25) is 0 Å². The van der Waals surface area contributed by atoms with E-state index in [2.05, 4.69) is 9.97 Å². The SMILES string of the molecule is CC(N)(C(N)=O)c1ccncn1. The Balaban J connectivity index is 3.06. The number of rotatable bonds is 2.